The minimum absolute atomic E-state index is 0.00336. The molecule has 1 atom stereocenters. The van der Waals surface area contributed by atoms with Crippen LogP contribution < -0.4 is 9.64 Å². The number of hydrogen-bond acceptors (Lipinski definition) is 5. The fourth-order valence-corrected chi connectivity index (χ4v) is 4.40. The summed E-state index contributed by atoms with van der Waals surface area (Å²) in [4.78, 5) is 39.3. The van der Waals surface area contributed by atoms with Gasteiger partial charge in [0.05, 0.1) is 6.61 Å². The van der Waals surface area contributed by atoms with Gasteiger partial charge in [0, 0.05) is 36.9 Å². The van der Waals surface area contributed by atoms with Crippen LogP contribution in [0.3, 0.4) is 0 Å². The zero-order chi connectivity index (χ0) is 25.2. The third-order valence-corrected chi connectivity index (χ3v) is 6.30. The van der Waals surface area contributed by atoms with Gasteiger partial charge in [-0.1, -0.05) is 0 Å². The molecule has 2 aromatic rings. The second-order valence-electron chi connectivity index (χ2n) is 8.61. The molecule has 0 saturated carbocycles. The molecule has 0 aromatic heterocycles. The monoisotopic (exact) mass is 485 g/mol. The molecule has 0 aliphatic carbocycles. The number of ether oxygens (including phenoxy) is 1. The van der Waals surface area contributed by atoms with Crippen molar-refractivity contribution < 1.29 is 28.6 Å². The van der Waals surface area contributed by atoms with E-state index in [1.807, 2.05) is 24.3 Å². The van der Waals surface area contributed by atoms with E-state index < -0.39 is 5.82 Å². The number of benzene rings is 2. The standard InChI is InChI=1S/C25H30FN3O3.CH2O2/c1-19-4-2-13-27(19)14-3-17-32-23-11-9-22(10-12-23)29-16-15-28(18-24(29)30)25(31)20-5-7-21(26)8-6-20;2-1-3/h5-12,19H,2-4,13-18H2,1H3;1H,(H,2,3)/t19-;/m0./s1. The smallest absolute Gasteiger partial charge is 0.290 e. The molecule has 188 valence electrons. The minimum atomic E-state index is -0.393. The van der Waals surface area contributed by atoms with E-state index in [1.54, 1.807) is 4.90 Å². The summed E-state index contributed by atoms with van der Waals surface area (Å²) in [6.07, 6.45) is 3.57. The molecule has 8 nitrogen and oxygen atoms in total. The molecule has 2 heterocycles. The van der Waals surface area contributed by atoms with Crippen molar-refractivity contribution in [2.24, 2.45) is 0 Å². The van der Waals surface area contributed by atoms with Crippen LogP contribution in [0.4, 0.5) is 10.1 Å². The second-order valence-corrected chi connectivity index (χ2v) is 8.61. The van der Waals surface area contributed by atoms with Crippen molar-refractivity contribution >= 4 is 24.0 Å². The van der Waals surface area contributed by atoms with Crippen molar-refractivity contribution in [3.8, 4) is 5.75 Å². The van der Waals surface area contributed by atoms with E-state index >= 15 is 0 Å². The molecule has 2 aliphatic rings. The van der Waals surface area contributed by atoms with Crippen LogP contribution in [-0.2, 0) is 9.59 Å². The predicted octanol–water partition coefficient (Wildman–Crippen LogP) is 3.27. The molecule has 4 rings (SSSR count). The van der Waals surface area contributed by atoms with Gasteiger partial charge in [0.2, 0.25) is 5.91 Å². The lowest BCUT2D eigenvalue weighted by Gasteiger charge is -2.34. The van der Waals surface area contributed by atoms with E-state index in [0.29, 0.717) is 31.3 Å². The Kier molecular flexibility index (Phi) is 9.60. The van der Waals surface area contributed by atoms with Gasteiger partial charge in [-0.25, -0.2) is 4.39 Å². The summed E-state index contributed by atoms with van der Waals surface area (Å²) >= 11 is 0. The van der Waals surface area contributed by atoms with Crippen molar-refractivity contribution in [1.82, 2.24) is 9.80 Å². The highest BCUT2D eigenvalue weighted by molar-refractivity contribution is 6.01. The summed E-state index contributed by atoms with van der Waals surface area (Å²) in [7, 11) is 0. The fraction of sp³-hybridized carbons (Fsp3) is 0.423. The topological polar surface area (TPSA) is 90.4 Å². The first kappa shape index (κ1) is 26.2. The number of halogens is 1. The largest absolute Gasteiger partial charge is 0.494 e. The molecular weight excluding hydrogens is 453 g/mol. The lowest BCUT2D eigenvalue weighted by Crippen LogP contribution is -2.52. The van der Waals surface area contributed by atoms with E-state index in [2.05, 4.69) is 11.8 Å². The predicted molar refractivity (Wildman–Crippen MR) is 130 cm³/mol. The van der Waals surface area contributed by atoms with Gasteiger partial charge in [0.15, 0.2) is 0 Å². The summed E-state index contributed by atoms with van der Waals surface area (Å²) in [5.74, 6) is 0.00189. The molecule has 0 unspecified atom stereocenters. The van der Waals surface area contributed by atoms with E-state index in [4.69, 9.17) is 14.6 Å². The Bertz CT molecular complexity index is 983. The second kappa shape index (κ2) is 12.9. The van der Waals surface area contributed by atoms with E-state index in [-0.39, 0.29) is 24.8 Å². The fourth-order valence-electron chi connectivity index (χ4n) is 4.40. The maximum absolute atomic E-state index is 13.1. The minimum Gasteiger partial charge on any atom is -0.494 e. The Morgan fingerprint density at radius 2 is 1.80 bits per heavy atom. The number of likely N-dealkylation sites (tertiary alicyclic amines) is 1. The first-order valence-electron chi connectivity index (χ1n) is 11.8. The lowest BCUT2D eigenvalue weighted by molar-refractivity contribution is -0.123. The van der Waals surface area contributed by atoms with Crippen LogP contribution >= 0.6 is 0 Å². The number of rotatable bonds is 7. The van der Waals surface area contributed by atoms with Crippen LogP contribution in [-0.4, -0.2) is 78.6 Å². The normalized spacial score (nSPS) is 18.1. The van der Waals surface area contributed by atoms with Gasteiger partial charge in [0.25, 0.3) is 12.4 Å². The van der Waals surface area contributed by atoms with Crippen LogP contribution in [0, 0.1) is 5.82 Å². The van der Waals surface area contributed by atoms with Gasteiger partial charge in [-0.2, -0.15) is 0 Å². The van der Waals surface area contributed by atoms with Crippen molar-refractivity contribution in [2.45, 2.75) is 32.2 Å². The third kappa shape index (κ3) is 7.26. The van der Waals surface area contributed by atoms with Crippen molar-refractivity contribution in [3.05, 3.63) is 59.9 Å². The molecular formula is C26H32FN3O5. The zero-order valence-corrected chi connectivity index (χ0v) is 19.9. The highest BCUT2D eigenvalue weighted by Gasteiger charge is 2.28. The number of nitrogens with zero attached hydrogens (tertiary/aromatic N) is 3. The van der Waals surface area contributed by atoms with Crippen LogP contribution in [0.5, 0.6) is 5.75 Å². The number of carboxylic acid groups (broad SMARTS) is 1. The average molecular weight is 486 g/mol. The molecule has 2 amide bonds. The number of carbonyl (C=O) groups is 3. The molecule has 2 aliphatic heterocycles. The summed E-state index contributed by atoms with van der Waals surface area (Å²) in [6, 6.07) is 13.6. The lowest BCUT2D eigenvalue weighted by atomic mass is 10.1. The van der Waals surface area contributed by atoms with Gasteiger partial charge in [-0.3, -0.25) is 14.4 Å². The molecule has 35 heavy (non-hydrogen) atoms. The molecule has 0 bridgehead atoms. The Labute approximate surface area is 204 Å². The highest BCUT2D eigenvalue weighted by atomic mass is 19.1. The Morgan fingerprint density at radius 1 is 1.11 bits per heavy atom. The number of carbonyl (C=O) groups excluding carboxylic acids is 2. The van der Waals surface area contributed by atoms with Crippen LogP contribution in [0.25, 0.3) is 0 Å². The average Bonchev–Trinajstić information content (AvgIpc) is 3.27. The molecule has 2 fully saturated rings. The van der Waals surface area contributed by atoms with Gasteiger partial charge in [0.1, 0.15) is 18.1 Å². The quantitative estimate of drug-likeness (QED) is 0.478. The van der Waals surface area contributed by atoms with E-state index in [9.17, 15) is 14.0 Å². The number of anilines is 1. The van der Waals surface area contributed by atoms with Crippen LogP contribution in [0.15, 0.2) is 48.5 Å². The van der Waals surface area contributed by atoms with E-state index in [0.717, 1.165) is 24.4 Å². The Morgan fingerprint density at radius 3 is 2.40 bits per heavy atom. The van der Waals surface area contributed by atoms with Crippen molar-refractivity contribution in [2.75, 3.05) is 44.2 Å². The zero-order valence-electron chi connectivity index (χ0n) is 19.9. The summed E-state index contributed by atoms with van der Waals surface area (Å²) < 4.78 is 19.0. The van der Waals surface area contributed by atoms with E-state index in [1.165, 1.54) is 48.6 Å². The van der Waals surface area contributed by atoms with Crippen LogP contribution in [0.1, 0.15) is 36.5 Å². The molecule has 1 N–H and O–H groups in total. The maximum Gasteiger partial charge on any atom is 0.290 e. The number of hydrogen-bond donors (Lipinski definition) is 1. The summed E-state index contributed by atoms with van der Waals surface area (Å²) in [5.41, 5.74) is 1.18. The molecule has 0 radical (unpaired) electrons. The Hall–Kier alpha value is -3.46. The van der Waals surface area contributed by atoms with Gasteiger partial charge in [-0.05, 0) is 81.3 Å². The molecule has 2 aromatic carbocycles. The molecule has 0 spiro atoms. The number of amides is 2. The van der Waals surface area contributed by atoms with Gasteiger partial charge >= 0.3 is 0 Å². The van der Waals surface area contributed by atoms with Gasteiger partial charge in [-0.15, -0.1) is 0 Å². The Balaban J connectivity index is 0.00000108. The van der Waals surface area contributed by atoms with Crippen molar-refractivity contribution in [1.29, 1.82) is 0 Å². The van der Waals surface area contributed by atoms with Gasteiger partial charge < -0.3 is 24.5 Å². The van der Waals surface area contributed by atoms with Crippen LogP contribution in [0.2, 0.25) is 0 Å². The molecule has 9 heteroatoms. The summed E-state index contributed by atoms with van der Waals surface area (Å²) in [5, 5.41) is 6.89. The van der Waals surface area contributed by atoms with Crippen molar-refractivity contribution in [3.63, 3.8) is 0 Å². The molecule has 2 saturated heterocycles. The SMILES string of the molecule is C[C@H]1CCCN1CCCOc1ccc(N2CCN(C(=O)c3ccc(F)cc3)CC2=O)cc1.O=CO. The highest BCUT2D eigenvalue weighted by Crippen LogP contribution is 2.22. The summed E-state index contributed by atoms with van der Waals surface area (Å²) in [6.45, 7) is 5.80. The third-order valence-electron chi connectivity index (χ3n) is 6.30. The first-order chi connectivity index (χ1) is 16.9. The first-order valence-corrected chi connectivity index (χ1v) is 11.8. The maximum atomic E-state index is 13.1. The number of piperazine rings is 1.